The molecule has 114 valence electrons. The van der Waals surface area contributed by atoms with E-state index in [2.05, 4.69) is 55.0 Å². The number of carbonyl (C=O) groups excluding carboxylic acids is 2. The average Bonchev–Trinajstić information content (AvgIpc) is 3.02. The Balaban J connectivity index is 0.000000149. The lowest BCUT2D eigenvalue weighted by Gasteiger charge is -2.09. The Kier molecular flexibility index (Phi) is 4.59. The first kappa shape index (κ1) is 15.9. The molecular formula is C18H11Br2NO2. The second-order valence-corrected chi connectivity index (χ2v) is 6.65. The Morgan fingerprint density at radius 3 is 1.91 bits per heavy atom. The lowest BCUT2D eigenvalue weighted by Crippen LogP contribution is -2.11. The van der Waals surface area contributed by atoms with Crippen LogP contribution in [0.1, 0.15) is 20.7 Å². The Labute approximate surface area is 149 Å². The van der Waals surface area contributed by atoms with Crippen molar-refractivity contribution in [2.24, 2.45) is 0 Å². The number of H-pyrrole nitrogens is 1. The van der Waals surface area contributed by atoms with Gasteiger partial charge in [-0.05, 0) is 73.7 Å². The number of hydrogen-bond donors (Lipinski definition) is 1. The number of aromatic nitrogens is 1. The number of rotatable bonds is 0. The largest absolute Gasteiger partial charge is 0.361 e. The smallest absolute Gasteiger partial charge is 0.186 e. The van der Waals surface area contributed by atoms with Crippen LogP contribution in [0.25, 0.3) is 10.9 Å². The van der Waals surface area contributed by atoms with Crippen LogP contribution < -0.4 is 0 Å². The highest BCUT2D eigenvalue weighted by Crippen LogP contribution is 2.29. The Morgan fingerprint density at radius 2 is 1.35 bits per heavy atom. The van der Waals surface area contributed by atoms with Crippen molar-refractivity contribution in [2.45, 2.75) is 0 Å². The molecule has 0 amide bonds. The molecule has 23 heavy (non-hydrogen) atoms. The van der Waals surface area contributed by atoms with E-state index in [-0.39, 0.29) is 11.6 Å². The van der Waals surface area contributed by atoms with Gasteiger partial charge in [0, 0.05) is 31.8 Å². The van der Waals surface area contributed by atoms with Crippen molar-refractivity contribution in [3.8, 4) is 0 Å². The maximum absolute atomic E-state index is 11.4. The van der Waals surface area contributed by atoms with Crippen LogP contribution in [0.4, 0.5) is 0 Å². The molecule has 0 aliphatic heterocycles. The summed E-state index contributed by atoms with van der Waals surface area (Å²) in [5, 5.41) is 1.28. The summed E-state index contributed by atoms with van der Waals surface area (Å²) >= 11 is 6.57. The van der Waals surface area contributed by atoms with E-state index in [1.54, 1.807) is 12.1 Å². The van der Waals surface area contributed by atoms with E-state index >= 15 is 0 Å². The quantitative estimate of drug-likeness (QED) is 0.522. The summed E-state index contributed by atoms with van der Waals surface area (Å²) in [5.41, 5.74) is 2.11. The molecule has 0 bridgehead atoms. The third-order valence-corrected chi connectivity index (χ3v) is 5.28. The summed E-state index contributed by atoms with van der Waals surface area (Å²) in [6.45, 7) is 0. The molecule has 1 aliphatic rings. The first-order valence-electron chi connectivity index (χ1n) is 6.84. The molecule has 0 unspecified atom stereocenters. The molecule has 1 heterocycles. The number of hydrogen-bond acceptors (Lipinski definition) is 2. The highest BCUT2D eigenvalue weighted by atomic mass is 79.9. The minimum Gasteiger partial charge on any atom is -0.361 e. The standard InChI is InChI=1S/C10H4Br2O2.C8H7N/c11-7-3-5-6(4-8(7)12)10(14)2-1-9(5)13;1-2-4-8-7(3-1)5-6-9-8/h1-4H;1-6,9H. The lowest BCUT2D eigenvalue weighted by molar-refractivity contribution is 0.0994. The van der Waals surface area contributed by atoms with E-state index < -0.39 is 0 Å². The van der Waals surface area contributed by atoms with E-state index in [1.807, 2.05) is 18.3 Å². The summed E-state index contributed by atoms with van der Waals surface area (Å²) < 4.78 is 1.54. The number of nitrogens with one attached hydrogen (secondary N) is 1. The Hall–Kier alpha value is -1.98. The minimum atomic E-state index is -0.132. The van der Waals surface area contributed by atoms with Gasteiger partial charge in [0.15, 0.2) is 11.6 Å². The molecule has 1 N–H and O–H groups in total. The molecule has 1 aromatic heterocycles. The van der Waals surface area contributed by atoms with Crippen LogP contribution in [0, 0.1) is 0 Å². The number of benzene rings is 2. The zero-order valence-corrected chi connectivity index (χ0v) is 15.0. The molecule has 3 nitrogen and oxygen atoms in total. The molecule has 0 saturated heterocycles. The van der Waals surface area contributed by atoms with Crippen LogP contribution in [-0.2, 0) is 0 Å². The summed E-state index contributed by atoms with van der Waals surface area (Å²) in [6.07, 6.45) is 4.54. The van der Waals surface area contributed by atoms with Gasteiger partial charge in [-0.1, -0.05) is 18.2 Å². The molecule has 2 aromatic carbocycles. The van der Waals surface area contributed by atoms with Gasteiger partial charge in [-0.2, -0.15) is 0 Å². The highest BCUT2D eigenvalue weighted by molar-refractivity contribution is 9.13. The van der Waals surface area contributed by atoms with Crippen molar-refractivity contribution in [3.63, 3.8) is 0 Å². The number of halogens is 2. The van der Waals surface area contributed by atoms with Crippen LogP contribution >= 0.6 is 31.9 Å². The van der Waals surface area contributed by atoms with Crippen molar-refractivity contribution >= 4 is 54.3 Å². The zero-order valence-electron chi connectivity index (χ0n) is 11.8. The van der Waals surface area contributed by atoms with Crippen molar-refractivity contribution in [2.75, 3.05) is 0 Å². The predicted octanol–water partition coefficient (Wildman–Crippen LogP) is 5.31. The third-order valence-electron chi connectivity index (χ3n) is 3.44. The van der Waals surface area contributed by atoms with E-state index in [4.69, 9.17) is 0 Å². The monoisotopic (exact) mass is 431 g/mol. The van der Waals surface area contributed by atoms with Gasteiger partial charge in [0.2, 0.25) is 0 Å². The van der Waals surface area contributed by atoms with Gasteiger partial charge < -0.3 is 4.98 Å². The van der Waals surface area contributed by atoms with Gasteiger partial charge in [-0.3, -0.25) is 9.59 Å². The van der Waals surface area contributed by atoms with E-state index in [1.165, 1.54) is 23.1 Å². The topological polar surface area (TPSA) is 49.9 Å². The zero-order chi connectivity index (χ0) is 16.4. The van der Waals surface area contributed by atoms with Crippen LogP contribution in [0.5, 0.6) is 0 Å². The Morgan fingerprint density at radius 1 is 0.783 bits per heavy atom. The van der Waals surface area contributed by atoms with Crippen LogP contribution in [-0.4, -0.2) is 16.6 Å². The summed E-state index contributed by atoms with van der Waals surface area (Å²) in [6, 6.07) is 13.6. The van der Waals surface area contributed by atoms with E-state index in [0.29, 0.717) is 11.1 Å². The molecule has 5 heteroatoms. The normalized spacial score (nSPS) is 12.8. The van der Waals surface area contributed by atoms with Crippen molar-refractivity contribution in [1.82, 2.24) is 4.98 Å². The average molecular weight is 433 g/mol. The van der Waals surface area contributed by atoms with Crippen molar-refractivity contribution in [3.05, 3.63) is 80.9 Å². The summed E-state index contributed by atoms with van der Waals surface area (Å²) in [7, 11) is 0. The molecular weight excluding hydrogens is 422 g/mol. The maximum Gasteiger partial charge on any atom is 0.186 e. The van der Waals surface area contributed by atoms with Gasteiger partial charge in [0.25, 0.3) is 0 Å². The number of fused-ring (bicyclic) bond motifs is 2. The van der Waals surface area contributed by atoms with Gasteiger partial charge in [0.1, 0.15) is 0 Å². The summed E-state index contributed by atoms with van der Waals surface area (Å²) in [5.74, 6) is -0.263. The molecule has 0 saturated carbocycles. The Bertz CT molecular complexity index is 868. The van der Waals surface area contributed by atoms with E-state index in [0.717, 1.165) is 8.95 Å². The maximum atomic E-state index is 11.4. The summed E-state index contributed by atoms with van der Waals surface area (Å²) in [4.78, 5) is 26.0. The van der Waals surface area contributed by atoms with Gasteiger partial charge in [-0.25, -0.2) is 0 Å². The number of ketones is 2. The fourth-order valence-corrected chi connectivity index (χ4v) is 2.97. The molecule has 1 aliphatic carbocycles. The second-order valence-electron chi connectivity index (χ2n) is 4.94. The fraction of sp³-hybridized carbons (Fsp3) is 0. The van der Waals surface area contributed by atoms with Gasteiger partial charge in [0.05, 0.1) is 0 Å². The molecule has 0 spiro atoms. The first-order chi connectivity index (χ1) is 11.1. The van der Waals surface area contributed by atoms with Gasteiger partial charge >= 0.3 is 0 Å². The van der Waals surface area contributed by atoms with Gasteiger partial charge in [-0.15, -0.1) is 0 Å². The molecule has 0 atom stereocenters. The predicted molar refractivity (Wildman–Crippen MR) is 97.9 cm³/mol. The minimum absolute atomic E-state index is 0.132. The van der Waals surface area contributed by atoms with Crippen LogP contribution in [0.3, 0.4) is 0 Å². The second kappa shape index (κ2) is 6.64. The molecule has 3 aromatic rings. The number of allylic oxidation sites excluding steroid dienone is 2. The van der Waals surface area contributed by atoms with Crippen molar-refractivity contribution in [1.29, 1.82) is 0 Å². The number of carbonyl (C=O) groups is 2. The SMILES string of the molecule is O=C1C=CC(=O)c2cc(Br)c(Br)cc21.c1ccc2[nH]ccc2c1. The van der Waals surface area contributed by atoms with Crippen LogP contribution in [0.2, 0.25) is 0 Å². The number of para-hydroxylation sites is 1. The lowest BCUT2D eigenvalue weighted by atomic mass is 9.95. The van der Waals surface area contributed by atoms with E-state index in [9.17, 15) is 9.59 Å². The highest BCUT2D eigenvalue weighted by Gasteiger charge is 2.20. The third kappa shape index (κ3) is 3.35. The van der Waals surface area contributed by atoms with Crippen LogP contribution in [0.15, 0.2) is 69.8 Å². The molecule has 0 radical (unpaired) electrons. The van der Waals surface area contributed by atoms with Crippen molar-refractivity contribution < 1.29 is 9.59 Å². The molecule has 0 fully saturated rings. The molecule has 4 rings (SSSR count). The fourth-order valence-electron chi connectivity index (χ4n) is 2.28. The number of aromatic amines is 1. The first-order valence-corrected chi connectivity index (χ1v) is 8.43.